The molecule has 3 atom stereocenters. The molecule has 1 heterocycles. The molecule has 1 aromatic carbocycles. The Labute approximate surface area is 144 Å². The predicted octanol–water partition coefficient (Wildman–Crippen LogP) is 3.06. The van der Waals surface area contributed by atoms with Crippen LogP contribution in [-0.4, -0.2) is 37.0 Å². The number of hydrogen-bond donors (Lipinski definition) is 0. The molecule has 4 heteroatoms. The van der Waals surface area contributed by atoms with E-state index in [1.165, 1.54) is 32.8 Å². The second kappa shape index (κ2) is 7.82. The standard InChI is InChI=1S/C20H27NO3/c1-24-20(23)18(11-15-7-3-2-4-8-15)12-19(22)21-13-16-9-5-6-10-17(16)14-21/h2-4,7-8,16-18H,5-6,9-14H2,1H3. The van der Waals surface area contributed by atoms with Crippen molar-refractivity contribution in [2.75, 3.05) is 20.2 Å². The van der Waals surface area contributed by atoms with E-state index >= 15 is 0 Å². The number of nitrogens with zero attached hydrogens (tertiary/aromatic N) is 1. The minimum absolute atomic E-state index is 0.107. The molecule has 1 aliphatic carbocycles. The van der Waals surface area contributed by atoms with E-state index in [0.717, 1.165) is 18.7 Å². The first-order chi connectivity index (χ1) is 11.7. The van der Waals surface area contributed by atoms with Crippen LogP contribution < -0.4 is 0 Å². The van der Waals surface area contributed by atoms with Gasteiger partial charge in [0.05, 0.1) is 13.0 Å². The van der Waals surface area contributed by atoms with Crippen LogP contribution in [-0.2, 0) is 20.7 Å². The average Bonchev–Trinajstić information content (AvgIpc) is 3.05. The molecule has 1 saturated carbocycles. The Hall–Kier alpha value is -1.84. The summed E-state index contributed by atoms with van der Waals surface area (Å²) in [6.07, 6.45) is 5.89. The Morgan fingerprint density at radius 3 is 2.33 bits per heavy atom. The molecule has 0 bridgehead atoms. The van der Waals surface area contributed by atoms with Gasteiger partial charge in [-0.3, -0.25) is 9.59 Å². The number of rotatable bonds is 5. The molecule has 1 amide bonds. The number of carbonyl (C=O) groups is 2. The van der Waals surface area contributed by atoms with E-state index in [2.05, 4.69) is 0 Å². The summed E-state index contributed by atoms with van der Waals surface area (Å²) in [5, 5.41) is 0. The van der Waals surface area contributed by atoms with Crippen LogP contribution in [0.4, 0.5) is 0 Å². The van der Waals surface area contributed by atoms with Gasteiger partial charge in [0.15, 0.2) is 0 Å². The summed E-state index contributed by atoms with van der Waals surface area (Å²) in [4.78, 5) is 26.8. The molecule has 2 fully saturated rings. The summed E-state index contributed by atoms with van der Waals surface area (Å²) in [5.74, 6) is 0.772. The Balaban J connectivity index is 1.62. The molecule has 1 aliphatic heterocycles. The van der Waals surface area contributed by atoms with Gasteiger partial charge in [-0.2, -0.15) is 0 Å². The van der Waals surface area contributed by atoms with Crippen molar-refractivity contribution in [3.8, 4) is 0 Å². The molecule has 3 rings (SSSR count). The third kappa shape index (κ3) is 3.97. The molecule has 24 heavy (non-hydrogen) atoms. The monoisotopic (exact) mass is 329 g/mol. The third-order valence-corrected chi connectivity index (χ3v) is 5.61. The zero-order valence-corrected chi connectivity index (χ0v) is 14.4. The Bertz CT molecular complexity index is 558. The van der Waals surface area contributed by atoms with Crippen molar-refractivity contribution in [2.45, 2.75) is 38.5 Å². The largest absolute Gasteiger partial charge is 0.469 e. The van der Waals surface area contributed by atoms with Crippen LogP contribution in [0.3, 0.4) is 0 Å². The number of benzene rings is 1. The summed E-state index contributed by atoms with van der Waals surface area (Å²) >= 11 is 0. The first-order valence-corrected chi connectivity index (χ1v) is 9.07. The van der Waals surface area contributed by atoms with Crippen LogP contribution in [0.1, 0.15) is 37.7 Å². The van der Waals surface area contributed by atoms with Gasteiger partial charge in [-0.15, -0.1) is 0 Å². The lowest BCUT2D eigenvalue weighted by Gasteiger charge is -2.22. The molecule has 0 N–H and O–H groups in total. The topological polar surface area (TPSA) is 46.6 Å². The highest BCUT2D eigenvalue weighted by atomic mass is 16.5. The van der Waals surface area contributed by atoms with Crippen LogP contribution in [0.25, 0.3) is 0 Å². The van der Waals surface area contributed by atoms with E-state index in [0.29, 0.717) is 18.3 Å². The van der Waals surface area contributed by atoms with Crippen LogP contribution in [0.5, 0.6) is 0 Å². The molecule has 4 nitrogen and oxygen atoms in total. The van der Waals surface area contributed by atoms with Crippen molar-refractivity contribution in [2.24, 2.45) is 17.8 Å². The SMILES string of the molecule is COC(=O)C(CC(=O)N1CC2CCCCC2C1)Cc1ccccc1. The average molecular weight is 329 g/mol. The lowest BCUT2D eigenvalue weighted by atomic mass is 9.82. The van der Waals surface area contributed by atoms with Crippen LogP contribution in [0.2, 0.25) is 0 Å². The van der Waals surface area contributed by atoms with E-state index in [1.54, 1.807) is 0 Å². The first-order valence-electron chi connectivity index (χ1n) is 9.07. The quantitative estimate of drug-likeness (QED) is 0.780. The van der Waals surface area contributed by atoms with Gasteiger partial charge in [0, 0.05) is 19.5 Å². The number of carbonyl (C=O) groups excluding carboxylic acids is 2. The Morgan fingerprint density at radius 1 is 1.12 bits per heavy atom. The van der Waals surface area contributed by atoms with Gasteiger partial charge in [0.25, 0.3) is 0 Å². The highest BCUT2D eigenvalue weighted by Gasteiger charge is 2.37. The minimum Gasteiger partial charge on any atom is -0.469 e. The number of methoxy groups -OCH3 is 1. The maximum Gasteiger partial charge on any atom is 0.309 e. The zero-order chi connectivity index (χ0) is 16.9. The summed E-state index contributed by atoms with van der Waals surface area (Å²) < 4.78 is 4.93. The second-order valence-corrected chi connectivity index (χ2v) is 7.22. The van der Waals surface area contributed by atoms with Gasteiger partial charge in [0.2, 0.25) is 5.91 Å². The van der Waals surface area contributed by atoms with Crippen molar-refractivity contribution < 1.29 is 14.3 Å². The van der Waals surface area contributed by atoms with E-state index in [1.807, 2.05) is 35.2 Å². The van der Waals surface area contributed by atoms with Gasteiger partial charge >= 0.3 is 5.97 Å². The van der Waals surface area contributed by atoms with E-state index in [9.17, 15) is 9.59 Å². The highest BCUT2D eigenvalue weighted by Crippen LogP contribution is 2.36. The fourth-order valence-corrected chi connectivity index (χ4v) is 4.25. The van der Waals surface area contributed by atoms with Crippen molar-refractivity contribution >= 4 is 11.9 Å². The van der Waals surface area contributed by atoms with Crippen LogP contribution >= 0.6 is 0 Å². The van der Waals surface area contributed by atoms with Crippen LogP contribution in [0.15, 0.2) is 30.3 Å². The maximum absolute atomic E-state index is 12.7. The van der Waals surface area contributed by atoms with Crippen molar-refractivity contribution in [3.05, 3.63) is 35.9 Å². The molecule has 1 saturated heterocycles. The van der Waals surface area contributed by atoms with Crippen LogP contribution in [0, 0.1) is 17.8 Å². The molecular weight excluding hydrogens is 302 g/mol. The van der Waals surface area contributed by atoms with Gasteiger partial charge < -0.3 is 9.64 Å². The normalized spacial score (nSPS) is 24.3. The first kappa shape index (κ1) is 17.0. The second-order valence-electron chi connectivity index (χ2n) is 7.22. The molecule has 0 aromatic heterocycles. The minimum atomic E-state index is -0.396. The van der Waals surface area contributed by atoms with Crippen molar-refractivity contribution in [3.63, 3.8) is 0 Å². The van der Waals surface area contributed by atoms with E-state index < -0.39 is 5.92 Å². The summed E-state index contributed by atoms with van der Waals surface area (Å²) in [5.41, 5.74) is 1.07. The number of ether oxygens (including phenoxy) is 1. The van der Waals surface area contributed by atoms with E-state index in [4.69, 9.17) is 4.74 Å². The van der Waals surface area contributed by atoms with Gasteiger partial charge in [-0.25, -0.2) is 0 Å². The van der Waals surface area contributed by atoms with Crippen molar-refractivity contribution in [1.82, 2.24) is 4.90 Å². The predicted molar refractivity (Wildman–Crippen MR) is 92.3 cm³/mol. The summed E-state index contributed by atoms with van der Waals surface area (Å²) in [6.45, 7) is 1.76. The fraction of sp³-hybridized carbons (Fsp3) is 0.600. The molecule has 130 valence electrons. The molecule has 3 unspecified atom stereocenters. The van der Waals surface area contributed by atoms with Gasteiger partial charge in [-0.1, -0.05) is 43.2 Å². The molecule has 2 aliphatic rings. The van der Waals surface area contributed by atoms with Gasteiger partial charge in [-0.05, 0) is 36.7 Å². The van der Waals surface area contributed by atoms with E-state index in [-0.39, 0.29) is 18.3 Å². The number of fused-ring (bicyclic) bond motifs is 1. The number of amides is 1. The smallest absolute Gasteiger partial charge is 0.309 e. The number of hydrogen-bond acceptors (Lipinski definition) is 3. The Kier molecular flexibility index (Phi) is 5.54. The molecule has 1 aromatic rings. The number of esters is 1. The van der Waals surface area contributed by atoms with Crippen molar-refractivity contribution in [1.29, 1.82) is 0 Å². The fourth-order valence-electron chi connectivity index (χ4n) is 4.25. The maximum atomic E-state index is 12.7. The third-order valence-electron chi connectivity index (χ3n) is 5.61. The number of likely N-dealkylation sites (tertiary alicyclic amines) is 1. The summed E-state index contributed by atoms with van der Waals surface area (Å²) in [7, 11) is 1.40. The molecular formula is C20H27NO3. The molecule has 0 spiro atoms. The zero-order valence-electron chi connectivity index (χ0n) is 14.4. The van der Waals surface area contributed by atoms with Gasteiger partial charge in [0.1, 0.15) is 0 Å². The molecule has 0 radical (unpaired) electrons. The highest BCUT2D eigenvalue weighted by molar-refractivity contribution is 5.83. The lowest BCUT2D eigenvalue weighted by molar-refractivity contribution is -0.148. The Morgan fingerprint density at radius 2 is 1.75 bits per heavy atom. The lowest BCUT2D eigenvalue weighted by Crippen LogP contribution is -2.33. The summed E-state index contributed by atoms with van der Waals surface area (Å²) in [6, 6.07) is 9.84.